The fourth-order valence-electron chi connectivity index (χ4n) is 5.68. The summed E-state index contributed by atoms with van der Waals surface area (Å²) in [6.45, 7) is 4.14. The van der Waals surface area contributed by atoms with Crippen molar-refractivity contribution >= 4 is 22.7 Å². The SMILES string of the molecule is Cc1ccc(CN2C(=O)C3CC(O)CN3C3(CN(Cc4c[nH]c5ccccc45)C3)C2=O)o1. The average molecular weight is 434 g/mol. The summed E-state index contributed by atoms with van der Waals surface area (Å²) >= 11 is 0. The number of benzene rings is 1. The third-order valence-electron chi connectivity index (χ3n) is 7.17. The van der Waals surface area contributed by atoms with Crippen molar-refractivity contribution in [2.24, 2.45) is 0 Å². The maximum atomic E-state index is 13.7. The fraction of sp³-hybridized carbons (Fsp3) is 0.417. The molecule has 3 aliphatic rings. The summed E-state index contributed by atoms with van der Waals surface area (Å²) in [7, 11) is 0. The Bertz CT molecular complexity index is 1210. The molecule has 3 fully saturated rings. The van der Waals surface area contributed by atoms with Gasteiger partial charge in [0.05, 0.1) is 18.7 Å². The van der Waals surface area contributed by atoms with Crippen LogP contribution < -0.4 is 0 Å². The lowest BCUT2D eigenvalue weighted by Gasteiger charge is -2.58. The molecule has 6 rings (SSSR count). The molecule has 3 aliphatic heterocycles. The van der Waals surface area contributed by atoms with Crippen molar-refractivity contribution < 1.29 is 19.1 Å². The van der Waals surface area contributed by atoms with Crippen LogP contribution in [0.3, 0.4) is 0 Å². The Labute approximate surface area is 185 Å². The van der Waals surface area contributed by atoms with E-state index < -0.39 is 17.7 Å². The zero-order valence-corrected chi connectivity index (χ0v) is 18.0. The number of nitrogens with zero attached hydrogens (tertiary/aromatic N) is 3. The van der Waals surface area contributed by atoms with Crippen LogP contribution in [0.4, 0.5) is 0 Å². The van der Waals surface area contributed by atoms with E-state index >= 15 is 0 Å². The summed E-state index contributed by atoms with van der Waals surface area (Å²) in [6, 6.07) is 11.4. The number of aromatic nitrogens is 1. The van der Waals surface area contributed by atoms with Crippen molar-refractivity contribution in [3.05, 3.63) is 59.7 Å². The first kappa shape index (κ1) is 19.7. The van der Waals surface area contributed by atoms with Gasteiger partial charge < -0.3 is 14.5 Å². The highest BCUT2D eigenvalue weighted by molar-refractivity contribution is 6.06. The first-order chi connectivity index (χ1) is 15.4. The molecule has 5 heterocycles. The number of β-amino-alcohol motifs (C(OH)–C–C–N with tert-alkyl or cyclic N) is 1. The molecule has 2 atom stereocenters. The average Bonchev–Trinajstić information content (AvgIpc) is 3.46. The molecule has 0 saturated carbocycles. The number of likely N-dealkylation sites (tertiary alicyclic amines) is 1. The van der Waals surface area contributed by atoms with Gasteiger partial charge in [-0.2, -0.15) is 0 Å². The molecule has 166 valence electrons. The molecule has 0 radical (unpaired) electrons. The molecule has 1 aromatic carbocycles. The molecule has 2 unspecified atom stereocenters. The molecule has 2 amide bonds. The van der Waals surface area contributed by atoms with Gasteiger partial charge in [-0.15, -0.1) is 0 Å². The van der Waals surface area contributed by atoms with E-state index in [0.29, 0.717) is 31.8 Å². The number of hydrogen-bond acceptors (Lipinski definition) is 6. The Morgan fingerprint density at radius 3 is 2.75 bits per heavy atom. The van der Waals surface area contributed by atoms with Crippen LogP contribution in [0.2, 0.25) is 0 Å². The minimum absolute atomic E-state index is 0.135. The van der Waals surface area contributed by atoms with Gasteiger partial charge in [0.25, 0.3) is 5.91 Å². The molecule has 0 aliphatic carbocycles. The van der Waals surface area contributed by atoms with Gasteiger partial charge in [-0.1, -0.05) is 18.2 Å². The number of piperazine rings is 1. The zero-order valence-electron chi connectivity index (χ0n) is 18.0. The topological polar surface area (TPSA) is 93.0 Å². The molecule has 3 aromatic rings. The molecule has 8 nitrogen and oxygen atoms in total. The quantitative estimate of drug-likeness (QED) is 0.607. The number of H-pyrrole nitrogens is 1. The summed E-state index contributed by atoms with van der Waals surface area (Å²) in [5.41, 5.74) is 1.51. The minimum atomic E-state index is -0.774. The van der Waals surface area contributed by atoms with E-state index in [1.54, 1.807) is 0 Å². The number of aliphatic hydroxyl groups is 1. The molecule has 8 heteroatoms. The molecule has 1 spiro atoms. The van der Waals surface area contributed by atoms with Crippen LogP contribution >= 0.6 is 0 Å². The molecule has 0 bridgehead atoms. The van der Waals surface area contributed by atoms with Gasteiger partial charge in [0, 0.05) is 43.3 Å². The Balaban J connectivity index is 1.26. The Kier molecular flexibility index (Phi) is 4.33. The maximum Gasteiger partial charge on any atom is 0.252 e. The van der Waals surface area contributed by atoms with Gasteiger partial charge in [0.2, 0.25) is 5.91 Å². The van der Waals surface area contributed by atoms with Crippen LogP contribution in [0, 0.1) is 6.92 Å². The van der Waals surface area contributed by atoms with Crippen LogP contribution in [0.1, 0.15) is 23.5 Å². The van der Waals surface area contributed by atoms with Gasteiger partial charge in [-0.3, -0.25) is 24.3 Å². The number of hydrogen-bond donors (Lipinski definition) is 2. The van der Waals surface area contributed by atoms with Crippen molar-refractivity contribution in [3.63, 3.8) is 0 Å². The smallest absolute Gasteiger partial charge is 0.252 e. The van der Waals surface area contributed by atoms with Crippen LogP contribution in [0.15, 0.2) is 47.0 Å². The van der Waals surface area contributed by atoms with E-state index in [1.807, 2.05) is 42.3 Å². The monoisotopic (exact) mass is 434 g/mol. The summed E-state index contributed by atoms with van der Waals surface area (Å²) in [4.78, 5) is 35.7. The largest absolute Gasteiger partial charge is 0.464 e. The zero-order chi connectivity index (χ0) is 22.0. The first-order valence-electron chi connectivity index (χ1n) is 11.1. The number of fused-ring (bicyclic) bond motifs is 3. The number of rotatable bonds is 4. The fourth-order valence-corrected chi connectivity index (χ4v) is 5.68. The lowest BCUT2D eigenvalue weighted by Crippen LogP contribution is -2.81. The molecule has 3 saturated heterocycles. The van der Waals surface area contributed by atoms with Crippen molar-refractivity contribution in [1.29, 1.82) is 0 Å². The summed E-state index contributed by atoms with van der Waals surface area (Å²) < 4.78 is 5.64. The molecule has 32 heavy (non-hydrogen) atoms. The molecule has 2 N–H and O–H groups in total. The van der Waals surface area contributed by atoms with Crippen LogP contribution in [0.25, 0.3) is 10.9 Å². The number of furan rings is 1. The van der Waals surface area contributed by atoms with Gasteiger partial charge in [-0.05, 0) is 37.1 Å². The van der Waals surface area contributed by atoms with E-state index in [-0.39, 0.29) is 18.4 Å². The summed E-state index contributed by atoms with van der Waals surface area (Å²) in [6.07, 6.45) is 1.79. The highest BCUT2D eigenvalue weighted by atomic mass is 16.3. The number of para-hydroxylation sites is 1. The van der Waals surface area contributed by atoms with Crippen molar-refractivity contribution in [1.82, 2.24) is 19.7 Å². The second kappa shape index (κ2) is 7.03. The van der Waals surface area contributed by atoms with Crippen LogP contribution in [-0.4, -0.2) is 73.9 Å². The van der Waals surface area contributed by atoms with E-state index in [0.717, 1.165) is 17.8 Å². The predicted octanol–water partition coefficient (Wildman–Crippen LogP) is 1.63. The molecule has 2 aromatic heterocycles. The van der Waals surface area contributed by atoms with Gasteiger partial charge in [-0.25, -0.2) is 0 Å². The van der Waals surface area contributed by atoms with Gasteiger partial charge in [0.15, 0.2) is 0 Å². The summed E-state index contributed by atoms with van der Waals surface area (Å²) in [5.74, 6) is 0.929. The Hall–Kier alpha value is -2.94. The van der Waals surface area contributed by atoms with E-state index in [2.05, 4.69) is 22.0 Å². The minimum Gasteiger partial charge on any atom is -0.464 e. The number of amides is 2. The van der Waals surface area contributed by atoms with Crippen molar-refractivity contribution in [2.45, 2.75) is 44.1 Å². The first-order valence-corrected chi connectivity index (χ1v) is 11.1. The van der Waals surface area contributed by atoms with Gasteiger partial charge in [0.1, 0.15) is 17.1 Å². The number of aromatic amines is 1. The highest BCUT2D eigenvalue weighted by Crippen LogP contribution is 2.41. The van der Waals surface area contributed by atoms with Crippen LogP contribution in [-0.2, 0) is 22.7 Å². The van der Waals surface area contributed by atoms with Crippen LogP contribution in [0.5, 0.6) is 0 Å². The molecular formula is C24H26N4O4. The number of carbonyl (C=O) groups excluding carboxylic acids is 2. The third-order valence-corrected chi connectivity index (χ3v) is 7.17. The van der Waals surface area contributed by atoms with E-state index in [4.69, 9.17) is 4.42 Å². The van der Waals surface area contributed by atoms with E-state index in [1.165, 1.54) is 15.8 Å². The summed E-state index contributed by atoms with van der Waals surface area (Å²) in [5, 5.41) is 11.5. The highest BCUT2D eigenvalue weighted by Gasteiger charge is 2.64. The van der Waals surface area contributed by atoms with E-state index in [9.17, 15) is 14.7 Å². The second-order valence-corrected chi connectivity index (χ2v) is 9.34. The lowest BCUT2D eigenvalue weighted by atomic mass is 9.82. The number of nitrogens with one attached hydrogen (secondary N) is 1. The molecular weight excluding hydrogens is 408 g/mol. The number of carbonyl (C=O) groups is 2. The Morgan fingerprint density at radius 2 is 1.97 bits per heavy atom. The van der Waals surface area contributed by atoms with Crippen molar-refractivity contribution in [2.75, 3.05) is 19.6 Å². The number of imide groups is 1. The predicted molar refractivity (Wildman–Crippen MR) is 116 cm³/mol. The Morgan fingerprint density at radius 1 is 1.16 bits per heavy atom. The third kappa shape index (κ3) is 2.87. The second-order valence-electron chi connectivity index (χ2n) is 9.34. The lowest BCUT2D eigenvalue weighted by molar-refractivity contribution is -0.181. The standard InChI is InChI=1S/C24H26N4O4/c1-15-6-7-18(32-15)12-27-22(30)21-8-17(29)11-28(21)24(23(27)31)13-26(14-24)10-16-9-25-20-5-3-2-4-19(16)20/h2-7,9,17,21,25,29H,8,10-14H2,1H3. The maximum absolute atomic E-state index is 13.7. The number of aliphatic hydroxyl groups excluding tert-OH is 1. The number of aryl methyl sites for hydroxylation is 1. The van der Waals surface area contributed by atoms with Crippen molar-refractivity contribution in [3.8, 4) is 0 Å². The normalized spacial score (nSPS) is 25.6. The van der Waals surface area contributed by atoms with Gasteiger partial charge >= 0.3 is 0 Å².